The van der Waals surface area contributed by atoms with Crippen LogP contribution in [0.4, 0.5) is 0 Å². The maximum atomic E-state index is 10.3. The Balaban J connectivity index is 2.40. The molecule has 0 spiro atoms. The Morgan fingerprint density at radius 1 is 1.86 bits per heavy atom. The zero-order chi connectivity index (χ0) is 5.28. The molecule has 1 unspecified atom stereocenters. The Hall–Kier alpha value is 0.200. The van der Waals surface area contributed by atoms with Crippen molar-refractivity contribution in [2.45, 2.75) is 10.3 Å². The van der Waals surface area contributed by atoms with Gasteiger partial charge in [0.2, 0.25) is 5.91 Å². The second-order valence-electron chi connectivity index (χ2n) is 1.61. The van der Waals surface area contributed by atoms with E-state index in [1.165, 1.54) is 0 Å². The minimum Gasteiger partial charge on any atom is -0.355 e. The van der Waals surface area contributed by atoms with E-state index in [-0.39, 0.29) is 5.91 Å². The van der Waals surface area contributed by atoms with Gasteiger partial charge in [0.05, 0.1) is 0 Å². The van der Waals surface area contributed by atoms with Crippen LogP contribution in [-0.4, -0.2) is 16.4 Å². The number of rotatable bonds is 0. The van der Waals surface area contributed by atoms with Crippen molar-refractivity contribution in [2.75, 3.05) is 6.54 Å². The van der Waals surface area contributed by atoms with E-state index in [2.05, 4.69) is 27.9 Å². The summed E-state index contributed by atoms with van der Waals surface area (Å²) in [6, 6.07) is 0. The molecular formula is C4H6INO. The van der Waals surface area contributed by atoms with E-state index in [1.54, 1.807) is 0 Å². The highest BCUT2D eigenvalue weighted by atomic mass is 127. The molecule has 1 aliphatic rings. The Bertz CT molecular complexity index is 93.7. The predicted octanol–water partition coefficient (Wildman–Crippen LogP) is 0.310. The highest BCUT2D eigenvalue weighted by Crippen LogP contribution is 2.08. The standard InChI is InChI=1S/C4H6INO/c5-3-1-4(7)6-2-3/h3H,1-2H2,(H,6,7). The summed E-state index contributed by atoms with van der Waals surface area (Å²) in [6.45, 7) is 0.861. The van der Waals surface area contributed by atoms with Crippen molar-refractivity contribution in [1.29, 1.82) is 0 Å². The van der Waals surface area contributed by atoms with Crippen molar-refractivity contribution in [2.24, 2.45) is 0 Å². The van der Waals surface area contributed by atoms with Crippen molar-refractivity contribution in [3.8, 4) is 0 Å². The second-order valence-corrected chi connectivity index (χ2v) is 3.37. The second kappa shape index (κ2) is 1.98. The van der Waals surface area contributed by atoms with E-state index in [9.17, 15) is 4.79 Å². The summed E-state index contributed by atoms with van der Waals surface area (Å²) in [4.78, 5) is 10.3. The monoisotopic (exact) mass is 211 g/mol. The minimum atomic E-state index is 0.194. The van der Waals surface area contributed by atoms with Gasteiger partial charge in [-0.3, -0.25) is 4.79 Å². The molecule has 0 aromatic heterocycles. The van der Waals surface area contributed by atoms with Gasteiger partial charge in [0.25, 0.3) is 0 Å². The molecule has 1 heterocycles. The van der Waals surface area contributed by atoms with Crippen molar-refractivity contribution < 1.29 is 4.79 Å². The molecule has 0 aliphatic carbocycles. The molecular weight excluding hydrogens is 205 g/mol. The summed E-state index contributed by atoms with van der Waals surface area (Å²) in [5, 5.41) is 2.72. The summed E-state index contributed by atoms with van der Waals surface area (Å²) in [6.07, 6.45) is 0.709. The quantitative estimate of drug-likeness (QED) is 0.453. The summed E-state index contributed by atoms with van der Waals surface area (Å²) >= 11 is 2.26. The topological polar surface area (TPSA) is 29.1 Å². The molecule has 0 aromatic carbocycles. The van der Waals surface area contributed by atoms with Crippen LogP contribution >= 0.6 is 22.6 Å². The van der Waals surface area contributed by atoms with Gasteiger partial charge in [-0.2, -0.15) is 0 Å². The lowest BCUT2D eigenvalue weighted by Gasteiger charge is -1.86. The lowest BCUT2D eigenvalue weighted by molar-refractivity contribution is -0.119. The molecule has 40 valence electrons. The molecule has 0 aromatic rings. The van der Waals surface area contributed by atoms with Crippen molar-refractivity contribution in [1.82, 2.24) is 5.32 Å². The molecule has 1 saturated heterocycles. The largest absolute Gasteiger partial charge is 0.355 e. The van der Waals surface area contributed by atoms with Crippen LogP contribution in [0.5, 0.6) is 0 Å². The SMILES string of the molecule is O=C1CC(I)CN1. The molecule has 1 aliphatic heterocycles. The predicted molar refractivity (Wildman–Crippen MR) is 35.4 cm³/mol. The molecule has 7 heavy (non-hydrogen) atoms. The number of halogens is 1. The van der Waals surface area contributed by atoms with Crippen LogP contribution in [0.1, 0.15) is 6.42 Å². The maximum absolute atomic E-state index is 10.3. The highest BCUT2D eigenvalue weighted by Gasteiger charge is 2.17. The fraction of sp³-hybridized carbons (Fsp3) is 0.750. The molecule has 0 saturated carbocycles. The Morgan fingerprint density at radius 2 is 2.57 bits per heavy atom. The van der Waals surface area contributed by atoms with Crippen LogP contribution in [0.25, 0.3) is 0 Å². The molecule has 2 nitrogen and oxygen atoms in total. The van der Waals surface area contributed by atoms with Crippen LogP contribution in [0, 0.1) is 0 Å². The van der Waals surface area contributed by atoms with Gasteiger partial charge in [-0.15, -0.1) is 0 Å². The molecule has 0 bridgehead atoms. The Morgan fingerprint density at radius 3 is 2.71 bits per heavy atom. The fourth-order valence-electron chi connectivity index (χ4n) is 0.570. The zero-order valence-electron chi connectivity index (χ0n) is 3.78. The maximum Gasteiger partial charge on any atom is 0.221 e. The molecule has 3 heteroatoms. The van der Waals surface area contributed by atoms with Gasteiger partial charge in [-0.25, -0.2) is 0 Å². The van der Waals surface area contributed by atoms with Gasteiger partial charge >= 0.3 is 0 Å². The van der Waals surface area contributed by atoms with Crippen molar-refractivity contribution in [3.05, 3.63) is 0 Å². The molecule has 1 rings (SSSR count). The lowest BCUT2D eigenvalue weighted by Crippen LogP contribution is -2.13. The first kappa shape index (κ1) is 5.34. The van der Waals surface area contributed by atoms with E-state index in [0.29, 0.717) is 10.3 Å². The Kier molecular flexibility index (Phi) is 1.51. The molecule has 1 amide bonds. The molecule has 1 atom stereocenters. The minimum absolute atomic E-state index is 0.194. The smallest absolute Gasteiger partial charge is 0.221 e. The first-order chi connectivity index (χ1) is 3.29. The molecule has 0 radical (unpaired) electrons. The number of carbonyl (C=O) groups excluding carboxylic acids is 1. The third kappa shape index (κ3) is 1.29. The number of nitrogens with one attached hydrogen (secondary N) is 1. The van der Waals surface area contributed by atoms with Gasteiger partial charge in [0, 0.05) is 16.9 Å². The Labute approximate surface area is 55.8 Å². The summed E-state index contributed by atoms with van der Waals surface area (Å²) in [5.74, 6) is 0.194. The number of carbonyl (C=O) groups is 1. The first-order valence-electron chi connectivity index (χ1n) is 2.20. The molecule has 1 N–H and O–H groups in total. The van der Waals surface area contributed by atoms with Gasteiger partial charge < -0.3 is 5.32 Å². The van der Waals surface area contributed by atoms with Crippen LogP contribution in [0.3, 0.4) is 0 Å². The van der Waals surface area contributed by atoms with Crippen LogP contribution in [-0.2, 0) is 4.79 Å². The summed E-state index contributed by atoms with van der Waals surface area (Å²) in [7, 11) is 0. The third-order valence-corrected chi connectivity index (χ3v) is 1.81. The normalized spacial score (nSPS) is 30.4. The molecule has 1 fully saturated rings. The summed E-state index contributed by atoms with van der Waals surface area (Å²) < 4.78 is 0.532. The van der Waals surface area contributed by atoms with Crippen LogP contribution < -0.4 is 5.32 Å². The number of hydrogen-bond donors (Lipinski definition) is 1. The highest BCUT2D eigenvalue weighted by molar-refractivity contribution is 14.1. The van der Waals surface area contributed by atoms with E-state index in [0.717, 1.165) is 6.54 Å². The average molecular weight is 211 g/mol. The van der Waals surface area contributed by atoms with E-state index in [1.807, 2.05) is 0 Å². The van der Waals surface area contributed by atoms with Gasteiger partial charge in [-0.05, 0) is 0 Å². The number of amides is 1. The van der Waals surface area contributed by atoms with E-state index >= 15 is 0 Å². The first-order valence-corrected chi connectivity index (χ1v) is 3.44. The van der Waals surface area contributed by atoms with Crippen molar-refractivity contribution in [3.63, 3.8) is 0 Å². The van der Waals surface area contributed by atoms with E-state index in [4.69, 9.17) is 0 Å². The number of alkyl halides is 1. The van der Waals surface area contributed by atoms with Crippen molar-refractivity contribution >= 4 is 28.5 Å². The van der Waals surface area contributed by atoms with Crippen LogP contribution in [0.2, 0.25) is 0 Å². The fourth-order valence-corrected chi connectivity index (χ4v) is 1.19. The lowest BCUT2D eigenvalue weighted by atomic mass is 10.4. The third-order valence-electron chi connectivity index (χ3n) is 0.928. The van der Waals surface area contributed by atoms with Gasteiger partial charge in [0.1, 0.15) is 0 Å². The van der Waals surface area contributed by atoms with Gasteiger partial charge in [-0.1, -0.05) is 22.6 Å². The average Bonchev–Trinajstić information content (AvgIpc) is 1.87. The van der Waals surface area contributed by atoms with Crippen LogP contribution in [0.15, 0.2) is 0 Å². The number of hydrogen-bond acceptors (Lipinski definition) is 1. The zero-order valence-corrected chi connectivity index (χ0v) is 5.94. The van der Waals surface area contributed by atoms with Gasteiger partial charge in [0.15, 0.2) is 0 Å². The summed E-state index contributed by atoms with van der Waals surface area (Å²) in [5.41, 5.74) is 0. The van der Waals surface area contributed by atoms with E-state index < -0.39 is 0 Å².